The van der Waals surface area contributed by atoms with Crippen molar-refractivity contribution < 1.29 is 27.4 Å². The van der Waals surface area contributed by atoms with Crippen molar-refractivity contribution in [2.24, 2.45) is 0 Å². The zero-order valence-electron chi connectivity index (χ0n) is 24.5. The van der Waals surface area contributed by atoms with Crippen molar-refractivity contribution in [3.05, 3.63) is 72.2 Å². The molecule has 1 atom stereocenters. The van der Waals surface area contributed by atoms with Crippen LogP contribution in [0.2, 0.25) is 0 Å². The van der Waals surface area contributed by atoms with Crippen molar-refractivity contribution >= 4 is 28.4 Å². The number of carbonyl (C=O) groups is 1. The first-order valence-electron chi connectivity index (χ1n) is 14.1. The highest BCUT2D eigenvalue weighted by molar-refractivity contribution is 5.93. The molecule has 0 amide bonds. The Morgan fingerprint density at radius 3 is 2.60 bits per heavy atom. The second-order valence-electron chi connectivity index (χ2n) is 11.5. The minimum Gasteiger partial charge on any atom is -0.492 e. The lowest BCUT2D eigenvalue weighted by atomic mass is 9.86. The number of nitrogens with zero attached hydrogens (tertiary/aromatic N) is 4. The average Bonchev–Trinajstić information content (AvgIpc) is 3.44. The van der Waals surface area contributed by atoms with Crippen molar-refractivity contribution in [2.45, 2.75) is 51.2 Å². The maximum absolute atomic E-state index is 13.6. The monoisotopic (exact) mass is 593 g/mol. The van der Waals surface area contributed by atoms with Gasteiger partial charge in [-0.15, -0.1) is 0 Å². The summed E-state index contributed by atoms with van der Waals surface area (Å²) in [6.07, 6.45) is -0.115. The van der Waals surface area contributed by atoms with Crippen LogP contribution in [0.15, 0.2) is 61.1 Å². The molecule has 1 aliphatic rings. The van der Waals surface area contributed by atoms with Gasteiger partial charge in [-0.1, -0.05) is 32.9 Å². The van der Waals surface area contributed by atoms with Crippen molar-refractivity contribution in [1.82, 2.24) is 19.9 Å². The summed E-state index contributed by atoms with van der Waals surface area (Å²) in [5.74, 6) is 0.993. The second-order valence-corrected chi connectivity index (χ2v) is 11.5. The Hall–Kier alpha value is -4.25. The summed E-state index contributed by atoms with van der Waals surface area (Å²) >= 11 is 0. The van der Waals surface area contributed by atoms with Crippen molar-refractivity contribution in [3.8, 4) is 17.0 Å². The Bertz CT molecular complexity index is 1620. The molecule has 11 heteroatoms. The van der Waals surface area contributed by atoms with Gasteiger partial charge in [0.1, 0.15) is 30.5 Å². The summed E-state index contributed by atoms with van der Waals surface area (Å²) < 4.78 is 52.1. The summed E-state index contributed by atoms with van der Waals surface area (Å²) in [5, 5.41) is 3.96. The molecule has 1 N–H and O–H groups in total. The fourth-order valence-corrected chi connectivity index (χ4v) is 5.41. The van der Waals surface area contributed by atoms with Gasteiger partial charge in [-0.25, -0.2) is 9.97 Å². The predicted molar refractivity (Wildman–Crippen MR) is 158 cm³/mol. The number of aromatic nitrogens is 3. The minimum absolute atomic E-state index is 0.156. The van der Waals surface area contributed by atoms with Crippen LogP contribution in [0.1, 0.15) is 44.7 Å². The maximum Gasteiger partial charge on any atom is 0.418 e. The molecule has 0 aliphatic carbocycles. The van der Waals surface area contributed by atoms with E-state index in [4.69, 9.17) is 9.47 Å². The first-order valence-corrected chi connectivity index (χ1v) is 14.1. The molecule has 0 unspecified atom stereocenters. The summed E-state index contributed by atoms with van der Waals surface area (Å²) in [5.41, 5.74) is 1.39. The van der Waals surface area contributed by atoms with Gasteiger partial charge in [0.25, 0.3) is 0 Å². The van der Waals surface area contributed by atoms with Crippen LogP contribution in [0.5, 0.6) is 5.75 Å². The number of fused-ring (bicyclic) bond motifs is 1. The summed E-state index contributed by atoms with van der Waals surface area (Å²) in [6.45, 7) is 8.13. The third kappa shape index (κ3) is 6.72. The van der Waals surface area contributed by atoms with Gasteiger partial charge in [0.2, 0.25) is 0 Å². The number of hydrogen-bond acceptors (Lipinski definition) is 8. The van der Waals surface area contributed by atoms with E-state index in [9.17, 15) is 18.0 Å². The number of esters is 1. The normalized spacial score (nSPS) is 15.9. The first kappa shape index (κ1) is 30.2. The molecule has 3 heterocycles. The van der Waals surface area contributed by atoms with Crippen molar-refractivity contribution in [2.75, 3.05) is 32.1 Å². The number of carbonyl (C=O) groups excluding carboxylic acids is 1. The van der Waals surface area contributed by atoms with Gasteiger partial charge in [0.05, 0.1) is 23.9 Å². The molecule has 2 aromatic heterocycles. The van der Waals surface area contributed by atoms with E-state index >= 15 is 0 Å². The zero-order chi connectivity index (χ0) is 30.8. The number of nitrogens with one attached hydrogen (secondary N) is 1. The fourth-order valence-electron chi connectivity index (χ4n) is 5.41. The highest BCUT2D eigenvalue weighted by Crippen LogP contribution is 2.38. The molecule has 226 valence electrons. The van der Waals surface area contributed by atoms with Crippen LogP contribution in [0, 0.1) is 0 Å². The number of methoxy groups -OCH3 is 1. The molecule has 0 spiro atoms. The molecule has 0 bridgehead atoms. The summed E-state index contributed by atoms with van der Waals surface area (Å²) in [7, 11) is 1.41. The Labute approximate surface area is 248 Å². The third-order valence-electron chi connectivity index (χ3n) is 7.55. The molecular formula is C32H34F3N5O3. The fraction of sp³-hybridized carbons (Fsp3) is 0.375. The Morgan fingerprint density at radius 1 is 1.05 bits per heavy atom. The van der Waals surface area contributed by atoms with E-state index in [-0.39, 0.29) is 23.1 Å². The van der Waals surface area contributed by atoms with Crippen LogP contribution >= 0.6 is 0 Å². The van der Waals surface area contributed by atoms with E-state index < -0.39 is 11.7 Å². The van der Waals surface area contributed by atoms with Crippen LogP contribution < -0.4 is 10.1 Å². The van der Waals surface area contributed by atoms with Gasteiger partial charge >= 0.3 is 12.1 Å². The van der Waals surface area contributed by atoms with Gasteiger partial charge in [0, 0.05) is 35.4 Å². The standard InChI is InChI=1S/C32H34F3N5O3/c1-31(2,3)23-12-10-21(18-27(23)43-16-15-40-14-6-8-26(40)30(41)42-4)39-29-22-11-9-20(17-25(22)37-19-38-29)28-24(32(33,34)35)7-5-13-36-28/h5,7,9-13,17-19,26H,6,8,14-16H2,1-4H3,(H,37,38,39)/t26-/m0/s1. The number of ether oxygens (including phenoxy) is 2. The van der Waals surface area contributed by atoms with E-state index in [0.29, 0.717) is 41.2 Å². The smallest absolute Gasteiger partial charge is 0.418 e. The molecule has 5 rings (SSSR count). The van der Waals surface area contributed by atoms with E-state index in [1.165, 1.54) is 25.7 Å². The summed E-state index contributed by atoms with van der Waals surface area (Å²) in [6, 6.07) is 12.8. The number of pyridine rings is 1. The zero-order valence-corrected chi connectivity index (χ0v) is 24.5. The quantitative estimate of drug-likeness (QED) is 0.224. The van der Waals surface area contributed by atoms with Gasteiger partial charge in [0.15, 0.2) is 0 Å². The van der Waals surface area contributed by atoms with E-state index in [2.05, 4.69) is 45.9 Å². The van der Waals surface area contributed by atoms with Gasteiger partial charge in [-0.2, -0.15) is 13.2 Å². The Kier molecular flexibility index (Phi) is 8.55. The number of alkyl halides is 3. The van der Waals surface area contributed by atoms with Gasteiger partial charge in [-0.3, -0.25) is 14.7 Å². The highest BCUT2D eigenvalue weighted by Gasteiger charge is 2.34. The van der Waals surface area contributed by atoms with Crippen LogP contribution in [0.25, 0.3) is 22.2 Å². The number of benzene rings is 2. The average molecular weight is 594 g/mol. The molecule has 1 fully saturated rings. The van der Waals surface area contributed by atoms with Gasteiger partial charge in [-0.05, 0) is 60.7 Å². The molecule has 0 saturated carbocycles. The predicted octanol–water partition coefficient (Wildman–Crippen LogP) is 6.77. The second kappa shape index (κ2) is 12.2. The molecule has 1 aliphatic heterocycles. The van der Waals surface area contributed by atoms with E-state index in [1.807, 2.05) is 18.2 Å². The molecule has 0 radical (unpaired) electrons. The largest absolute Gasteiger partial charge is 0.492 e. The lowest BCUT2D eigenvalue weighted by Gasteiger charge is -2.26. The number of likely N-dealkylation sites (tertiary alicyclic amines) is 1. The summed E-state index contributed by atoms with van der Waals surface area (Å²) in [4.78, 5) is 26.9. The number of halogens is 3. The van der Waals surface area contributed by atoms with Crippen LogP contribution in [0.4, 0.5) is 24.7 Å². The topological polar surface area (TPSA) is 89.5 Å². The molecular weight excluding hydrogens is 559 g/mol. The van der Waals surface area contributed by atoms with E-state index in [0.717, 1.165) is 36.7 Å². The Balaban J connectivity index is 1.39. The van der Waals surface area contributed by atoms with Crippen molar-refractivity contribution in [3.63, 3.8) is 0 Å². The van der Waals surface area contributed by atoms with Crippen LogP contribution in [-0.2, 0) is 21.1 Å². The highest BCUT2D eigenvalue weighted by atomic mass is 19.4. The SMILES string of the molecule is COC(=O)[C@@H]1CCCN1CCOc1cc(Nc2ncnc3cc(-c4ncccc4C(F)(F)F)ccc23)ccc1C(C)(C)C. The van der Waals surface area contributed by atoms with Crippen LogP contribution in [-0.4, -0.2) is 58.7 Å². The molecule has 8 nitrogen and oxygen atoms in total. The van der Waals surface area contributed by atoms with Crippen molar-refractivity contribution in [1.29, 1.82) is 0 Å². The third-order valence-corrected chi connectivity index (χ3v) is 7.55. The van der Waals surface area contributed by atoms with Gasteiger partial charge < -0.3 is 14.8 Å². The lowest BCUT2D eigenvalue weighted by molar-refractivity contribution is -0.146. The molecule has 4 aromatic rings. The van der Waals surface area contributed by atoms with Crippen LogP contribution in [0.3, 0.4) is 0 Å². The first-order chi connectivity index (χ1) is 20.5. The Morgan fingerprint density at radius 2 is 1.86 bits per heavy atom. The van der Waals surface area contributed by atoms with E-state index in [1.54, 1.807) is 18.2 Å². The number of hydrogen-bond donors (Lipinski definition) is 1. The maximum atomic E-state index is 13.6. The molecule has 1 saturated heterocycles. The lowest BCUT2D eigenvalue weighted by Crippen LogP contribution is -2.39. The number of rotatable bonds is 8. The minimum atomic E-state index is -4.53. The number of anilines is 2. The molecule has 2 aromatic carbocycles. The molecule has 43 heavy (non-hydrogen) atoms.